The van der Waals surface area contributed by atoms with E-state index in [1.807, 2.05) is 24.3 Å². The van der Waals surface area contributed by atoms with Gasteiger partial charge in [0.05, 0.1) is 0 Å². The molecule has 1 aliphatic carbocycles. The summed E-state index contributed by atoms with van der Waals surface area (Å²) < 4.78 is 69.1. The summed E-state index contributed by atoms with van der Waals surface area (Å²) in [6.45, 7) is 0. The van der Waals surface area contributed by atoms with Crippen molar-refractivity contribution in [2.75, 3.05) is 0 Å². The van der Waals surface area contributed by atoms with Gasteiger partial charge in [-0.1, -0.05) is 34.1 Å². The normalized spacial score (nSPS) is 20.1. The summed E-state index contributed by atoms with van der Waals surface area (Å²) in [7, 11) is 0. The highest BCUT2D eigenvalue weighted by molar-refractivity contribution is 9.10. The molecule has 0 aliphatic heterocycles. The lowest BCUT2D eigenvalue weighted by molar-refractivity contribution is -0.146. The van der Waals surface area contributed by atoms with Gasteiger partial charge in [0.15, 0.2) is 0 Å². The number of nitrogens with one attached hydrogen (secondary N) is 1. The molecule has 1 N–H and O–H groups in total. The van der Waals surface area contributed by atoms with Gasteiger partial charge < -0.3 is 4.98 Å². The zero-order valence-electron chi connectivity index (χ0n) is 14.0. The molecule has 142 valence electrons. The predicted octanol–water partition coefficient (Wildman–Crippen LogP) is 6.86. The van der Waals surface area contributed by atoms with Crippen LogP contribution in [0.5, 0.6) is 0 Å². The number of benzene rings is 2. The molecule has 0 saturated carbocycles. The quantitative estimate of drug-likeness (QED) is 0.416. The van der Waals surface area contributed by atoms with E-state index in [0.29, 0.717) is 12.1 Å². The highest BCUT2D eigenvalue weighted by Crippen LogP contribution is 2.48. The second kappa shape index (κ2) is 6.62. The Labute approximate surface area is 160 Å². The first-order chi connectivity index (χ1) is 12.7. The Hall–Kier alpha value is -1.89. The minimum Gasteiger partial charge on any atom is -0.358 e. The Bertz CT molecular complexity index is 984. The molecule has 1 unspecified atom stereocenters. The average molecular weight is 444 g/mol. The first-order valence-corrected chi connectivity index (χ1v) is 9.34. The number of para-hydroxylation sites is 1. The van der Waals surface area contributed by atoms with Gasteiger partial charge in [-0.2, -0.15) is 13.2 Å². The third kappa shape index (κ3) is 3.37. The lowest BCUT2D eigenvalue weighted by Gasteiger charge is -2.33. The largest absolute Gasteiger partial charge is 0.389 e. The van der Waals surface area contributed by atoms with Crippen molar-refractivity contribution in [1.29, 1.82) is 0 Å². The van der Waals surface area contributed by atoms with Gasteiger partial charge in [-0.3, -0.25) is 0 Å². The molecule has 2 atom stereocenters. The Balaban J connectivity index is 1.93. The van der Waals surface area contributed by atoms with E-state index in [0.717, 1.165) is 28.6 Å². The molecule has 0 bridgehead atoms. The molecule has 0 saturated heterocycles. The fourth-order valence-corrected chi connectivity index (χ4v) is 4.64. The van der Waals surface area contributed by atoms with Gasteiger partial charge in [0.25, 0.3) is 0 Å². The lowest BCUT2D eigenvalue weighted by Crippen LogP contribution is -2.28. The fraction of sp³-hybridized carbons (Fsp3) is 0.300. The molecular formula is C20H15BrF5N. The van der Waals surface area contributed by atoms with Gasteiger partial charge in [-0.05, 0) is 42.5 Å². The summed E-state index contributed by atoms with van der Waals surface area (Å²) in [5.41, 5.74) is 1.78. The van der Waals surface area contributed by atoms with Crippen LogP contribution in [-0.4, -0.2) is 11.2 Å². The summed E-state index contributed by atoms with van der Waals surface area (Å²) in [5.74, 6) is -3.64. The van der Waals surface area contributed by atoms with Crippen LogP contribution in [0.1, 0.15) is 35.6 Å². The minimum atomic E-state index is -4.41. The second-order valence-corrected chi connectivity index (χ2v) is 7.86. The molecule has 0 spiro atoms. The third-order valence-electron chi connectivity index (χ3n) is 5.24. The van der Waals surface area contributed by atoms with Crippen LogP contribution in [0.2, 0.25) is 0 Å². The molecule has 0 amide bonds. The van der Waals surface area contributed by atoms with Gasteiger partial charge in [0.1, 0.15) is 11.6 Å². The lowest BCUT2D eigenvalue weighted by atomic mass is 9.72. The Morgan fingerprint density at radius 1 is 1.07 bits per heavy atom. The summed E-state index contributed by atoms with van der Waals surface area (Å²) in [6, 6.07) is 9.54. The highest BCUT2D eigenvalue weighted by Gasteiger charge is 2.42. The van der Waals surface area contributed by atoms with Gasteiger partial charge in [-0.15, -0.1) is 0 Å². The zero-order chi connectivity index (χ0) is 19.3. The molecule has 1 nitrogen and oxygen atoms in total. The molecule has 0 radical (unpaired) electrons. The number of fused-ring (bicyclic) bond motifs is 3. The van der Waals surface area contributed by atoms with Crippen LogP contribution >= 0.6 is 15.9 Å². The summed E-state index contributed by atoms with van der Waals surface area (Å²) in [6.07, 6.45) is -4.83. The van der Waals surface area contributed by atoms with Crippen molar-refractivity contribution in [3.63, 3.8) is 0 Å². The number of H-pyrrole nitrogens is 1. The van der Waals surface area contributed by atoms with E-state index < -0.39 is 36.1 Å². The van der Waals surface area contributed by atoms with Crippen molar-refractivity contribution in [2.24, 2.45) is 5.92 Å². The SMILES string of the molecule is Fc1cc(Br)cc(F)c1[C@@H]1c2[nH]c3ccccc3c2CCC1CC(F)(F)F. The number of aryl methyl sites for hydroxylation is 1. The maximum absolute atomic E-state index is 14.7. The Kier molecular flexibility index (Phi) is 4.53. The molecule has 7 heteroatoms. The van der Waals surface area contributed by atoms with E-state index in [2.05, 4.69) is 20.9 Å². The predicted molar refractivity (Wildman–Crippen MR) is 96.7 cm³/mol. The van der Waals surface area contributed by atoms with Crippen molar-refractivity contribution in [3.8, 4) is 0 Å². The average Bonchev–Trinajstić information content (AvgIpc) is 2.93. The molecule has 0 fully saturated rings. The molecule has 2 aromatic carbocycles. The maximum atomic E-state index is 14.7. The third-order valence-corrected chi connectivity index (χ3v) is 5.70. The number of aromatic amines is 1. The summed E-state index contributed by atoms with van der Waals surface area (Å²) >= 11 is 3.03. The maximum Gasteiger partial charge on any atom is 0.389 e. The van der Waals surface area contributed by atoms with E-state index in [1.165, 1.54) is 0 Å². The molecular weight excluding hydrogens is 429 g/mol. The van der Waals surface area contributed by atoms with Gasteiger partial charge in [0.2, 0.25) is 0 Å². The highest BCUT2D eigenvalue weighted by atomic mass is 79.9. The topological polar surface area (TPSA) is 15.8 Å². The number of hydrogen-bond donors (Lipinski definition) is 1. The smallest absolute Gasteiger partial charge is 0.358 e. The van der Waals surface area contributed by atoms with E-state index in [4.69, 9.17) is 0 Å². The monoisotopic (exact) mass is 443 g/mol. The zero-order valence-corrected chi connectivity index (χ0v) is 15.6. The molecule has 4 rings (SSSR count). The van der Waals surface area contributed by atoms with Gasteiger partial charge in [-0.25, -0.2) is 8.78 Å². The first kappa shape index (κ1) is 18.5. The van der Waals surface area contributed by atoms with Crippen LogP contribution < -0.4 is 0 Å². The standard InChI is InChI=1S/C20H15BrF5N/c21-11-7-14(22)18(15(23)8-11)17-10(9-20(24,25)26)5-6-13-12-3-1-2-4-16(12)27-19(13)17/h1-4,7-8,10,17,27H,5-6,9H2/t10?,17-/m1/s1. The van der Waals surface area contributed by atoms with Gasteiger partial charge >= 0.3 is 6.18 Å². The van der Waals surface area contributed by atoms with E-state index in [9.17, 15) is 22.0 Å². The van der Waals surface area contributed by atoms with E-state index >= 15 is 0 Å². The van der Waals surface area contributed by atoms with Crippen LogP contribution in [0.15, 0.2) is 40.9 Å². The van der Waals surface area contributed by atoms with Crippen LogP contribution in [0.25, 0.3) is 10.9 Å². The van der Waals surface area contributed by atoms with E-state index in [-0.39, 0.29) is 16.5 Å². The second-order valence-electron chi connectivity index (χ2n) is 6.94. The van der Waals surface area contributed by atoms with Crippen LogP contribution in [0.3, 0.4) is 0 Å². The van der Waals surface area contributed by atoms with E-state index in [1.54, 1.807) is 0 Å². The van der Waals surface area contributed by atoms with Crippen molar-refractivity contribution in [1.82, 2.24) is 4.98 Å². The first-order valence-electron chi connectivity index (χ1n) is 8.55. The molecule has 3 aromatic rings. The number of alkyl halides is 3. The minimum absolute atomic E-state index is 0.210. The van der Waals surface area contributed by atoms with Crippen molar-refractivity contribution in [2.45, 2.75) is 31.4 Å². The molecule has 1 aromatic heterocycles. The molecule has 1 heterocycles. The van der Waals surface area contributed by atoms with Crippen LogP contribution in [0.4, 0.5) is 22.0 Å². The van der Waals surface area contributed by atoms with Gasteiger partial charge in [0, 0.05) is 39.0 Å². The number of rotatable bonds is 2. The number of hydrogen-bond acceptors (Lipinski definition) is 0. The van der Waals surface area contributed by atoms with Crippen molar-refractivity contribution >= 4 is 26.8 Å². The Morgan fingerprint density at radius 3 is 2.41 bits per heavy atom. The van der Waals surface area contributed by atoms with Crippen molar-refractivity contribution < 1.29 is 22.0 Å². The van der Waals surface area contributed by atoms with Crippen molar-refractivity contribution in [3.05, 3.63) is 69.3 Å². The number of aromatic nitrogens is 1. The van der Waals surface area contributed by atoms with Crippen LogP contribution in [0, 0.1) is 17.6 Å². The fourth-order valence-electron chi connectivity index (χ4n) is 4.24. The summed E-state index contributed by atoms with van der Waals surface area (Å²) in [4.78, 5) is 3.14. The number of halogens is 6. The van der Waals surface area contributed by atoms with Crippen LogP contribution in [-0.2, 0) is 6.42 Å². The summed E-state index contributed by atoms with van der Waals surface area (Å²) in [5, 5.41) is 0.890. The Morgan fingerprint density at radius 2 is 1.74 bits per heavy atom. The molecule has 1 aliphatic rings. The molecule has 27 heavy (non-hydrogen) atoms.